The lowest BCUT2D eigenvalue weighted by molar-refractivity contribution is 0.0951. The van der Waals surface area contributed by atoms with Crippen LogP contribution in [-0.4, -0.2) is 5.91 Å². The maximum atomic E-state index is 12.0. The highest BCUT2D eigenvalue weighted by atomic mass is 79.9. The third-order valence-electron chi connectivity index (χ3n) is 2.66. The van der Waals surface area contributed by atoms with Crippen molar-refractivity contribution in [3.05, 3.63) is 63.1 Å². The summed E-state index contributed by atoms with van der Waals surface area (Å²) in [5, 5.41) is 3.28. The topological polar surface area (TPSA) is 55.1 Å². The van der Waals surface area contributed by atoms with E-state index in [9.17, 15) is 4.79 Å². The minimum atomic E-state index is -0.181. The van der Waals surface area contributed by atoms with E-state index in [0.717, 1.165) is 10.0 Å². The van der Waals surface area contributed by atoms with Crippen LogP contribution in [0, 0.1) is 0 Å². The smallest absolute Gasteiger partial charge is 0.251 e. The summed E-state index contributed by atoms with van der Waals surface area (Å²) >= 11 is 9.25. The zero-order valence-corrected chi connectivity index (χ0v) is 12.3. The quantitative estimate of drug-likeness (QED) is 0.839. The van der Waals surface area contributed by atoms with Crippen molar-refractivity contribution in [2.75, 3.05) is 5.73 Å². The van der Waals surface area contributed by atoms with Crippen molar-refractivity contribution in [1.82, 2.24) is 5.32 Å². The van der Waals surface area contributed by atoms with Crippen LogP contribution >= 0.6 is 27.5 Å². The average Bonchev–Trinajstić information content (AvgIpc) is 2.40. The molecule has 3 nitrogen and oxygen atoms in total. The Labute approximate surface area is 124 Å². The summed E-state index contributed by atoms with van der Waals surface area (Å²) in [6.07, 6.45) is 0. The van der Waals surface area contributed by atoms with Crippen LogP contribution in [0.3, 0.4) is 0 Å². The molecule has 0 bridgehead atoms. The predicted molar refractivity (Wildman–Crippen MR) is 81.2 cm³/mol. The van der Waals surface area contributed by atoms with Gasteiger partial charge in [-0.05, 0) is 29.8 Å². The normalized spacial score (nSPS) is 10.2. The third kappa shape index (κ3) is 3.49. The van der Waals surface area contributed by atoms with E-state index in [-0.39, 0.29) is 5.91 Å². The van der Waals surface area contributed by atoms with Crippen LogP contribution < -0.4 is 11.1 Å². The van der Waals surface area contributed by atoms with Crippen LogP contribution in [0.25, 0.3) is 0 Å². The lowest BCUT2D eigenvalue weighted by Crippen LogP contribution is -2.23. The molecule has 98 valence electrons. The average molecular weight is 340 g/mol. The highest BCUT2D eigenvalue weighted by Gasteiger charge is 2.08. The molecule has 5 heteroatoms. The molecule has 0 aromatic heterocycles. The van der Waals surface area contributed by atoms with Gasteiger partial charge in [0.2, 0.25) is 0 Å². The SMILES string of the molecule is Nc1cc(C(=O)NCc2ccccc2Br)ccc1Cl. The van der Waals surface area contributed by atoms with E-state index >= 15 is 0 Å². The van der Waals surface area contributed by atoms with E-state index in [1.54, 1.807) is 18.2 Å². The highest BCUT2D eigenvalue weighted by molar-refractivity contribution is 9.10. The maximum absolute atomic E-state index is 12.0. The molecule has 0 saturated heterocycles. The molecule has 0 unspecified atom stereocenters. The van der Waals surface area contributed by atoms with Gasteiger partial charge >= 0.3 is 0 Å². The van der Waals surface area contributed by atoms with Crippen molar-refractivity contribution in [2.45, 2.75) is 6.54 Å². The van der Waals surface area contributed by atoms with Gasteiger partial charge in [-0.2, -0.15) is 0 Å². The molecule has 0 fully saturated rings. The Bertz CT molecular complexity index is 616. The second kappa shape index (κ2) is 6.08. The number of hydrogen-bond acceptors (Lipinski definition) is 2. The summed E-state index contributed by atoms with van der Waals surface area (Å²) in [6, 6.07) is 12.6. The first-order valence-electron chi connectivity index (χ1n) is 5.64. The van der Waals surface area contributed by atoms with Crippen molar-refractivity contribution < 1.29 is 4.79 Å². The third-order valence-corrected chi connectivity index (χ3v) is 3.77. The Balaban J connectivity index is 2.05. The number of anilines is 1. The molecular weight excluding hydrogens is 328 g/mol. The Morgan fingerprint density at radius 3 is 2.68 bits per heavy atom. The molecule has 0 atom stereocenters. The molecule has 0 spiro atoms. The van der Waals surface area contributed by atoms with Gasteiger partial charge in [-0.15, -0.1) is 0 Å². The monoisotopic (exact) mass is 338 g/mol. The van der Waals surface area contributed by atoms with Crippen LogP contribution in [0.5, 0.6) is 0 Å². The predicted octanol–water partition coefficient (Wildman–Crippen LogP) is 3.61. The molecule has 0 radical (unpaired) electrons. The van der Waals surface area contributed by atoms with Crippen LogP contribution in [0.1, 0.15) is 15.9 Å². The molecule has 0 heterocycles. The number of nitrogen functional groups attached to an aromatic ring is 1. The van der Waals surface area contributed by atoms with Crippen LogP contribution in [-0.2, 0) is 6.54 Å². The second-order valence-corrected chi connectivity index (χ2v) is 5.27. The number of carbonyl (C=O) groups is 1. The largest absolute Gasteiger partial charge is 0.398 e. The first kappa shape index (κ1) is 13.9. The minimum absolute atomic E-state index is 0.181. The van der Waals surface area contributed by atoms with Gasteiger partial charge in [0.05, 0.1) is 10.7 Å². The molecule has 19 heavy (non-hydrogen) atoms. The van der Waals surface area contributed by atoms with E-state index < -0.39 is 0 Å². The number of carbonyl (C=O) groups excluding carboxylic acids is 1. The van der Waals surface area contributed by atoms with E-state index in [0.29, 0.717) is 22.8 Å². The second-order valence-electron chi connectivity index (χ2n) is 4.01. The van der Waals surface area contributed by atoms with Crippen LogP contribution in [0.4, 0.5) is 5.69 Å². The number of benzene rings is 2. The molecule has 1 amide bonds. The molecule has 2 rings (SSSR count). The molecule has 0 saturated carbocycles. The summed E-state index contributed by atoms with van der Waals surface area (Å²) in [5.74, 6) is -0.181. The first-order valence-corrected chi connectivity index (χ1v) is 6.81. The maximum Gasteiger partial charge on any atom is 0.251 e. The highest BCUT2D eigenvalue weighted by Crippen LogP contribution is 2.20. The lowest BCUT2D eigenvalue weighted by Gasteiger charge is -2.08. The van der Waals surface area contributed by atoms with Crippen molar-refractivity contribution in [2.24, 2.45) is 0 Å². The number of amides is 1. The zero-order chi connectivity index (χ0) is 13.8. The Morgan fingerprint density at radius 1 is 1.26 bits per heavy atom. The lowest BCUT2D eigenvalue weighted by atomic mass is 10.1. The first-order chi connectivity index (χ1) is 9.08. The van der Waals surface area contributed by atoms with Gasteiger partial charge in [0.15, 0.2) is 0 Å². The van der Waals surface area contributed by atoms with Gasteiger partial charge in [-0.25, -0.2) is 0 Å². The summed E-state index contributed by atoms with van der Waals surface area (Å²) in [7, 11) is 0. The van der Waals surface area contributed by atoms with Gasteiger partial charge in [-0.3, -0.25) is 4.79 Å². The molecule has 0 aliphatic rings. The fraction of sp³-hybridized carbons (Fsp3) is 0.0714. The van der Waals surface area contributed by atoms with E-state index in [2.05, 4.69) is 21.2 Å². The molecule has 3 N–H and O–H groups in total. The van der Waals surface area contributed by atoms with Crippen LogP contribution in [0.15, 0.2) is 46.9 Å². The number of rotatable bonds is 3. The number of nitrogens with two attached hydrogens (primary N) is 1. The fourth-order valence-electron chi connectivity index (χ4n) is 1.60. The summed E-state index contributed by atoms with van der Waals surface area (Å²) in [6.45, 7) is 0.447. The summed E-state index contributed by atoms with van der Waals surface area (Å²) in [5.41, 5.74) is 7.57. The molecular formula is C14H12BrClN2O. The number of nitrogens with one attached hydrogen (secondary N) is 1. The van der Waals surface area contributed by atoms with Gasteiger partial charge in [0, 0.05) is 16.6 Å². The van der Waals surface area contributed by atoms with E-state index in [4.69, 9.17) is 17.3 Å². The Kier molecular flexibility index (Phi) is 4.45. The molecule has 2 aromatic carbocycles. The molecule has 2 aromatic rings. The minimum Gasteiger partial charge on any atom is -0.398 e. The zero-order valence-electron chi connectivity index (χ0n) is 9.99. The van der Waals surface area contributed by atoms with Crippen LogP contribution in [0.2, 0.25) is 5.02 Å². The standard InChI is InChI=1S/C14H12BrClN2O/c15-11-4-2-1-3-10(11)8-18-14(19)9-5-6-12(16)13(17)7-9/h1-7H,8,17H2,(H,18,19). The van der Waals surface area contributed by atoms with Gasteiger partial charge in [0.25, 0.3) is 5.91 Å². The Morgan fingerprint density at radius 2 is 2.00 bits per heavy atom. The van der Waals surface area contributed by atoms with Gasteiger partial charge < -0.3 is 11.1 Å². The summed E-state index contributed by atoms with van der Waals surface area (Å²) < 4.78 is 0.964. The van der Waals surface area contributed by atoms with Crippen molar-refractivity contribution in [1.29, 1.82) is 0 Å². The van der Waals surface area contributed by atoms with E-state index in [1.807, 2.05) is 24.3 Å². The molecule has 0 aliphatic heterocycles. The Hall–Kier alpha value is -1.52. The van der Waals surface area contributed by atoms with Gasteiger partial charge in [-0.1, -0.05) is 45.7 Å². The number of hydrogen-bond donors (Lipinski definition) is 2. The van der Waals surface area contributed by atoms with Crippen molar-refractivity contribution in [3.63, 3.8) is 0 Å². The summed E-state index contributed by atoms with van der Waals surface area (Å²) in [4.78, 5) is 12.0. The molecule has 0 aliphatic carbocycles. The van der Waals surface area contributed by atoms with Crippen molar-refractivity contribution >= 4 is 39.1 Å². The van der Waals surface area contributed by atoms with E-state index in [1.165, 1.54) is 0 Å². The fourth-order valence-corrected chi connectivity index (χ4v) is 2.15. The van der Waals surface area contributed by atoms with Gasteiger partial charge in [0.1, 0.15) is 0 Å². The van der Waals surface area contributed by atoms with Crippen molar-refractivity contribution in [3.8, 4) is 0 Å². The number of halogens is 2.